The molecule has 0 aliphatic carbocycles. The van der Waals surface area contributed by atoms with E-state index in [-0.39, 0.29) is 17.5 Å². The molecule has 1 heterocycles. The van der Waals surface area contributed by atoms with Gasteiger partial charge in [0, 0.05) is 17.6 Å². The highest BCUT2D eigenvalue weighted by Gasteiger charge is 2.24. The van der Waals surface area contributed by atoms with Crippen LogP contribution in [0, 0.1) is 0 Å². The van der Waals surface area contributed by atoms with Crippen molar-refractivity contribution < 1.29 is 8.42 Å². The summed E-state index contributed by atoms with van der Waals surface area (Å²) in [6.07, 6.45) is 0.666. The monoisotopic (exact) mass is 259 g/mol. The van der Waals surface area contributed by atoms with Crippen molar-refractivity contribution in [1.29, 1.82) is 0 Å². The van der Waals surface area contributed by atoms with Crippen LogP contribution >= 0.6 is 11.6 Å². The number of hydrogen-bond acceptors (Lipinski definition) is 3. The van der Waals surface area contributed by atoms with Crippen LogP contribution in [0.15, 0.2) is 24.3 Å². The molecule has 1 N–H and O–H groups in total. The van der Waals surface area contributed by atoms with Gasteiger partial charge in [-0.1, -0.05) is 29.8 Å². The van der Waals surface area contributed by atoms with E-state index in [0.717, 1.165) is 5.56 Å². The highest BCUT2D eigenvalue weighted by molar-refractivity contribution is 7.91. The molecule has 1 atom stereocenters. The zero-order valence-corrected chi connectivity index (χ0v) is 10.4. The zero-order chi connectivity index (χ0) is 11.6. The fraction of sp³-hybridized carbons (Fsp3) is 0.455. The van der Waals surface area contributed by atoms with Crippen molar-refractivity contribution >= 4 is 21.4 Å². The molecule has 0 amide bonds. The Morgan fingerprint density at radius 3 is 2.81 bits per heavy atom. The summed E-state index contributed by atoms with van der Waals surface area (Å²) in [5, 5.41) is 3.91. The third-order valence-corrected chi connectivity index (χ3v) is 4.83. The molecule has 16 heavy (non-hydrogen) atoms. The molecule has 88 valence electrons. The first-order valence-corrected chi connectivity index (χ1v) is 7.44. The van der Waals surface area contributed by atoms with Gasteiger partial charge in [0.15, 0.2) is 9.84 Å². The largest absolute Gasteiger partial charge is 0.312 e. The van der Waals surface area contributed by atoms with Gasteiger partial charge in [0.1, 0.15) is 0 Å². The van der Waals surface area contributed by atoms with Crippen LogP contribution in [0.3, 0.4) is 0 Å². The Morgan fingerprint density at radius 1 is 1.38 bits per heavy atom. The standard InChI is InChI=1S/C11H14ClNO2S/c12-11-4-2-1-3-9(11)7-10-8-16(14,15)6-5-13-10/h1-4,10,13H,5-8H2. The van der Waals surface area contributed by atoms with Crippen LogP contribution in [0.4, 0.5) is 0 Å². The average molecular weight is 260 g/mol. The molecule has 1 aliphatic rings. The molecule has 0 radical (unpaired) electrons. The maximum Gasteiger partial charge on any atom is 0.153 e. The van der Waals surface area contributed by atoms with Gasteiger partial charge in [-0.15, -0.1) is 0 Å². The molecule has 0 bridgehead atoms. The summed E-state index contributed by atoms with van der Waals surface area (Å²) in [6.45, 7) is 0.539. The molecule has 1 aromatic rings. The van der Waals surface area contributed by atoms with Crippen molar-refractivity contribution in [3.63, 3.8) is 0 Å². The minimum Gasteiger partial charge on any atom is -0.312 e. The molecule has 1 aliphatic heterocycles. The third kappa shape index (κ3) is 2.97. The van der Waals surface area contributed by atoms with Crippen LogP contribution in [0.2, 0.25) is 5.02 Å². The fourth-order valence-corrected chi connectivity index (χ4v) is 3.58. The molecule has 0 spiro atoms. The Labute approximate surface area is 101 Å². The lowest BCUT2D eigenvalue weighted by Gasteiger charge is -2.23. The second-order valence-electron chi connectivity index (χ2n) is 4.06. The molecule has 1 unspecified atom stereocenters. The fourth-order valence-electron chi connectivity index (χ4n) is 1.93. The minimum absolute atomic E-state index is 0.0151. The molecule has 1 aromatic carbocycles. The summed E-state index contributed by atoms with van der Waals surface area (Å²) in [5.41, 5.74) is 0.999. The molecule has 0 saturated carbocycles. The summed E-state index contributed by atoms with van der Waals surface area (Å²) in [4.78, 5) is 0. The Morgan fingerprint density at radius 2 is 2.12 bits per heavy atom. The Bertz CT molecular complexity index is 473. The molecule has 1 fully saturated rings. The summed E-state index contributed by atoms with van der Waals surface area (Å²) in [5.74, 6) is 0.449. The molecule has 1 saturated heterocycles. The predicted octanol–water partition coefficient (Wildman–Crippen LogP) is 1.27. The summed E-state index contributed by atoms with van der Waals surface area (Å²) in [6, 6.07) is 7.54. The summed E-state index contributed by atoms with van der Waals surface area (Å²) >= 11 is 6.04. The highest BCUT2D eigenvalue weighted by Crippen LogP contribution is 2.18. The van der Waals surface area contributed by atoms with Crippen molar-refractivity contribution in [3.05, 3.63) is 34.9 Å². The van der Waals surface area contributed by atoms with E-state index in [1.165, 1.54) is 0 Å². The van der Waals surface area contributed by atoms with E-state index in [0.29, 0.717) is 18.0 Å². The lowest BCUT2D eigenvalue weighted by Crippen LogP contribution is -2.46. The maximum atomic E-state index is 11.5. The van der Waals surface area contributed by atoms with E-state index >= 15 is 0 Å². The SMILES string of the molecule is O=S1(=O)CCNC(Cc2ccccc2Cl)C1. The van der Waals surface area contributed by atoms with Crippen molar-refractivity contribution in [2.24, 2.45) is 0 Å². The topological polar surface area (TPSA) is 46.2 Å². The smallest absolute Gasteiger partial charge is 0.153 e. The number of hydrogen-bond donors (Lipinski definition) is 1. The lowest BCUT2D eigenvalue weighted by atomic mass is 10.1. The third-order valence-electron chi connectivity index (χ3n) is 2.73. The molecule has 5 heteroatoms. The van der Waals surface area contributed by atoms with Gasteiger partial charge < -0.3 is 5.32 Å². The Balaban J connectivity index is 2.08. The van der Waals surface area contributed by atoms with Gasteiger partial charge in [0.05, 0.1) is 11.5 Å². The van der Waals surface area contributed by atoms with E-state index < -0.39 is 9.84 Å². The van der Waals surface area contributed by atoms with Crippen LogP contribution in [-0.4, -0.2) is 32.5 Å². The summed E-state index contributed by atoms with van der Waals surface area (Å²) in [7, 11) is -2.87. The molecular weight excluding hydrogens is 246 g/mol. The van der Waals surface area contributed by atoms with E-state index in [1.807, 2.05) is 24.3 Å². The van der Waals surface area contributed by atoms with Crippen LogP contribution in [0.1, 0.15) is 5.56 Å². The molecule has 3 nitrogen and oxygen atoms in total. The molecule has 0 aromatic heterocycles. The second-order valence-corrected chi connectivity index (χ2v) is 6.70. The van der Waals surface area contributed by atoms with Crippen molar-refractivity contribution in [3.8, 4) is 0 Å². The first-order chi connectivity index (χ1) is 7.57. The van der Waals surface area contributed by atoms with Crippen molar-refractivity contribution in [2.45, 2.75) is 12.5 Å². The van der Waals surface area contributed by atoms with Gasteiger partial charge >= 0.3 is 0 Å². The number of sulfone groups is 1. The van der Waals surface area contributed by atoms with Gasteiger partial charge in [-0.05, 0) is 18.1 Å². The van der Waals surface area contributed by atoms with E-state index in [1.54, 1.807) is 0 Å². The highest BCUT2D eigenvalue weighted by atomic mass is 35.5. The second kappa shape index (κ2) is 4.73. The van der Waals surface area contributed by atoms with Crippen LogP contribution in [0.5, 0.6) is 0 Å². The van der Waals surface area contributed by atoms with Crippen molar-refractivity contribution in [2.75, 3.05) is 18.1 Å². The Hall–Kier alpha value is -0.580. The van der Waals surface area contributed by atoms with Crippen LogP contribution in [-0.2, 0) is 16.3 Å². The average Bonchev–Trinajstić information content (AvgIpc) is 2.20. The van der Waals surface area contributed by atoms with Gasteiger partial charge in [-0.3, -0.25) is 0 Å². The van der Waals surface area contributed by atoms with Crippen LogP contribution < -0.4 is 5.32 Å². The molecule has 2 rings (SSSR count). The summed E-state index contributed by atoms with van der Waals surface area (Å²) < 4.78 is 22.9. The normalized spacial score (nSPS) is 24.2. The maximum absolute atomic E-state index is 11.5. The zero-order valence-electron chi connectivity index (χ0n) is 8.82. The van der Waals surface area contributed by atoms with E-state index in [4.69, 9.17) is 11.6 Å². The lowest BCUT2D eigenvalue weighted by molar-refractivity contribution is 0.515. The number of benzene rings is 1. The predicted molar refractivity (Wildman–Crippen MR) is 65.6 cm³/mol. The molecular formula is C11H14ClNO2S. The van der Waals surface area contributed by atoms with E-state index in [9.17, 15) is 8.42 Å². The quantitative estimate of drug-likeness (QED) is 0.870. The van der Waals surface area contributed by atoms with Gasteiger partial charge in [0.2, 0.25) is 0 Å². The first kappa shape index (κ1) is 11.9. The number of halogens is 1. The first-order valence-electron chi connectivity index (χ1n) is 5.24. The minimum atomic E-state index is -2.87. The van der Waals surface area contributed by atoms with Gasteiger partial charge in [-0.2, -0.15) is 0 Å². The van der Waals surface area contributed by atoms with Gasteiger partial charge in [-0.25, -0.2) is 8.42 Å². The van der Waals surface area contributed by atoms with Crippen LogP contribution in [0.25, 0.3) is 0 Å². The van der Waals surface area contributed by atoms with E-state index in [2.05, 4.69) is 5.32 Å². The van der Waals surface area contributed by atoms with Crippen molar-refractivity contribution in [1.82, 2.24) is 5.32 Å². The Kier molecular flexibility index (Phi) is 3.52. The number of nitrogens with one attached hydrogen (secondary N) is 1. The van der Waals surface area contributed by atoms with Gasteiger partial charge in [0.25, 0.3) is 0 Å². The number of rotatable bonds is 2.